The number of carboxylic acids is 1. The van der Waals surface area contributed by atoms with Gasteiger partial charge in [-0.1, -0.05) is 13.8 Å². The minimum absolute atomic E-state index is 0.0213. The van der Waals surface area contributed by atoms with Crippen molar-refractivity contribution in [2.45, 2.75) is 57.3 Å². The molecule has 3 amide bonds. The number of aliphatic imine (C=N–C) groups is 1. The topological polar surface area (TPSA) is 215 Å². The number of carbonyl (C=O) groups is 4. The van der Waals surface area contributed by atoms with Crippen molar-refractivity contribution in [3.05, 3.63) is 0 Å². The number of hydrogen-bond donors (Lipinski definition) is 9. The van der Waals surface area contributed by atoms with Gasteiger partial charge >= 0.3 is 5.97 Å². The van der Waals surface area contributed by atoms with Crippen molar-refractivity contribution in [1.82, 2.24) is 16.0 Å². The van der Waals surface area contributed by atoms with E-state index >= 15 is 0 Å². The largest absolute Gasteiger partial charge is 0.480 e. The van der Waals surface area contributed by atoms with Crippen molar-refractivity contribution < 1.29 is 24.3 Å². The van der Waals surface area contributed by atoms with Crippen LogP contribution in [0.4, 0.5) is 0 Å². The number of hydrogen-bond acceptors (Lipinski definition) is 8. The van der Waals surface area contributed by atoms with Crippen LogP contribution < -0.4 is 33.2 Å². The summed E-state index contributed by atoms with van der Waals surface area (Å²) in [6.07, 6.45) is 1.02. The summed E-state index contributed by atoms with van der Waals surface area (Å²) in [6, 6.07) is -4.13. The number of thiol groups is 2. The summed E-state index contributed by atoms with van der Waals surface area (Å²) >= 11 is 8.01. The van der Waals surface area contributed by atoms with Gasteiger partial charge < -0.3 is 38.3 Å². The van der Waals surface area contributed by atoms with E-state index < -0.39 is 47.9 Å². The molecule has 0 spiro atoms. The Bertz CT molecular complexity index is 674. The summed E-state index contributed by atoms with van der Waals surface area (Å²) in [7, 11) is 0. The van der Waals surface area contributed by atoms with Crippen molar-refractivity contribution in [3.63, 3.8) is 0 Å². The number of carboxylic acid groups (broad SMARTS) is 1. The van der Waals surface area contributed by atoms with E-state index in [0.717, 1.165) is 0 Å². The van der Waals surface area contributed by atoms with Gasteiger partial charge in [-0.05, 0) is 25.2 Å². The van der Waals surface area contributed by atoms with Crippen molar-refractivity contribution >= 4 is 54.9 Å². The van der Waals surface area contributed by atoms with Gasteiger partial charge in [0, 0.05) is 18.1 Å². The predicted molar refractivity (Wildman–Crippen MR) is 128 cm³/mol. The number of nitrogens with one attached hydrogen (secondary N) is 3. The van der Waals surface area contributed by atoms with Crippen LogP contribution in [0.2, 0.25) is 0 Å². The third-order valence-corrected chi connectivity index (χ3v) is 4.99. The van der Waals surface area contributed by atoms with Gasteiger partial charge in [-0.15, -0.1) is 0 Å². The Morgan fingerprint density at radius 1 is 0.906 bits per heavy atom. The molecule has 184 valence electrons. The molecule has 14 heteroatoms. The summed E-state index contributed by atoms with van der Waals surface area (Å²) in [5.74, 6) is -3.28. The SMILES string of the molecule is CC(C)CC(NC(=O)C(CS)NC(=O)C(N)CCCN=C(N)N)C(=O)NC(CS)C(=O)O. The second kappa shape index (κ2) is 15.6. The average molecular weight is 494 g/mol. The molecule has 0 radical (unpaired) electrons. The first-order chi connectivity index (χ1) is 14.9. The first kappa shape index (κ1) is 29.8. The molecular formula is C18H35N7O5S2. The molecule has 4 atom stereocenters. The molecule has 0 saturated heterocycles. The fraction of sp³-hybridized carbons (Fsp3) is 0.722. The summed E-state index contributed by atoms with van der Waals surface area (Å²) < 4.78 is 0. The zero-order chi connectivity index (χ0) is 24.8. The number of guanidine groups is 1. The maximum atomic E-state index is 12.7. The lowest BCUT2D eigenvalue weighted by Gasteiger charge is -2.25. The Labute approximate surface area is 198 Å². The van der Waals surface area contributed by atoms with Gasteiger partial charge in [0.15, 0.2) is 5.96 Å². The number of carbonyl (C=O) groups excluding carboxylic acids is 3. The van der Waals surface area contributed by atoms with Crippen molar-refractivity contribution in [2.75, 3.05) is 18.1 Å². The Hall–Kier alpha value is -2.19. The standard InChI is InChI=1S/C18H35N7O5S2/c1-9(2)6-11(15(27)25-13(8-32)17(29)30)23-16(28)12(7-31)24-14(26)10(19)4-3-5-22-18(20)21/h9-13,31-32H,3-8,19H2,1-2H3,(H,23,28)(H,24,26)(H,25,27)(H,29,30)(H4,20,21,22). The summed E-state index contributed by atoms with van der Waals surface area (Å²) in [5, 5.41) is 16.5. The predicted octanol–water partition coefficient (Wildman–Crippen LogP) is -2.19. The smallest absolute Gasteiger partial charge is 0.327 e. The molecule has 0 aliphatic rings. The quantitative estimate of drug-likeness (QED) is 0.0527. The van der Waals surface area contributed by atoms with Crippen LogP contribution in [0.1, 0.15) is 33.1 Å². The van der Waals surface area contributed by atoms with Crippen LogP contribution in [-0.4, -0.2) is 77.0 Å². The van der Waals surface area contributed by atoms with E-state index in [1.165, 1.54) is 0 Å². The fourth-order valence-corrected chi connectivity index (χ4v) is 3.06. The van der Waals surface area contributed by atoms with E-state index in [4.69, 9.17) is 22.3 Å². The molecule has 0 aromatic carbocycles. The molecule has 0 aromatic heterocycles. The molecule has 0 aliphatic heterocycles. The van der Waals surface area contributed by atoms with E-state index in [-0.39, 0.29) is 29.8 Å². The molecule has 0 bridgehead atoms. The molecule has 32 heavy (non-hydrogen) atoms. The number of nitrogens with zero attached hydrogens (tertiary/aromatic N) is 1. The second-order valence-electron chi connectivity index (χ2n) is 7.57. The summed E-state index contributed by atoms with van der Waals surface area (Å²) in [4.78, 5) is 52.5. The van der Waals surface area contributed by atoms with E-state index in [1.807, 2.05) is 13.8 Å². The normalized spacial score (nSPS) is 14.6. The van der Waals surface area contributed by atoms with Gasteiger partial charge in [0.2, 0.25) is 17.7 Å². The van der Waals surface area contributed by atoms with Gasteiger partial charge in [0.1, 0.15) is 18.1 Å². The molecule has 0 fully saturated rings. The minimum Gasteiger partial charge on any atom is -0.480 e. The Morgan fingerprint density at radius 3 is 1.88 bits per heavy atom. The molecule has 10 N–H and O–H groups in total. The highest BCUT2D eigenvalue weighted by Crippen LogP contribution is 2.07. The zero-order valence-corrected chi connectivity index (χ0v) is 20.1. The maximum Gasteiger partial charge on any atom is 0.327 e. The van der Waals surface area contributed by atoms with E-state index in [0.29, 0.717) is 19.4 Å². The van der Waals surface area contributed by atoms with Gasteiger partial charge in [0.05, 0.1) is 6.04 Å². The molecular weight excluding hydrogens is 458 g/mol. The maximum absolute atomic E-state index is 12.7. The molecule has 4 unspecified atom stereocenters. The first-order valence-electron chi connectivity index (χ1n) is 10.1. The average Bonchev–Trinajstić information content (AvgIpc) is 2.71. The highest BCUT2D eigenvalue weighted by Gasteiger charge is 2.29. The molecule has 0 rings (SSSR count). The first-order valence-corrected chi connectivity index (χ1v) is 11.4. The second-order valence-corrected chi connectivity index (χ2v) is 8.30. The summed E-state index contributed by atoms with van der Waals surface area (Å²) in [5.41, 5.74) is 16.3. The van der Waals surface area contributed by atoms with Crippen LogP contribution in [0.15, 0.2) is 4.99 Å². The summed E-state index contributed by atoms with van der Waals surface area (Å²) in [6.45, 7) is 4.01. The molecule has 0 heterocycles. The van der Waals surface area contributed by atoms with Gasteiger partial charge in [-0.2, -0.15) is 25.3 Å². The van der Waals surface area contributed by atoms with Crippen LogP contribution in [0.3, 0.4) is 0 Å². The number of aliphatic carboxylic acids is 1. The lowest BCUT2D eigenvalue weighted by Crippen LogP contribution is -2.58. The molecule has 0 aromatic rings. The minimum atomic E-state index is -1.24. The number of nitrogens with two attached hydrogens (primary N) is 3. The highest BCUT2D eigenvalue weighted by molar-refractivity contribution is 7.80. The van der Waals surface area contributed by atoms with Crippen molar-refractivity contribution in [1.29, 1.82) is 0 Å². The number of amides is 3. The van der Waals surface area contributed by atoms with Gasteiger partial charge in [-0.3, -0.25) is 19.4 Å². The highest BCUT2D eigenvalue weighted by atomic mass is 32.1. The number of rotatable bonds is 15. The third-order valence-electron chi connectivity index (χ3n) is 4.26. The van der Waals surface area contributed by atoms with Crippen molar-refractivity contribution in [3.8, 4) is 0 Å². The Morgan fingerprint density at radius 2 is 1.41 bits per heavy atom. The molecule has 0 aliphatic carbocycles. The third kappa shape index (κ3) is 12.0. The van der Waals surface area contributed by atoms with Crippen LogP contribution in [0.5, 0.6) is 0 Å². The van der Waals surface area contributed by atoms with E-state index in [9.17, 15) is 19.2 Å². The van der Waals surface area contributed by atoms with Crippen LogP contribution in [0, 0.1) is 5.92 Å². The van der Waals surface area contributed by atoms with Gasteiger partial charge in [-0.25, -0.2) is 4.79 Å². The Balaban J connectivity index is 5.03. The monoisotopic (exact) mass is 493 g/mol. The molecule has 12 nitrogen and oxygen atoms in total. The van der Waals surface area contributed by atoms with Gasteiger partial charge in [0.25, 0.3) is 0 Å². The van der Waals surface area contributed by atoms with E-state index in [2.05, 4.69) is 46.2 Å². The zero-order valence-electron chi connectivity index (χ0n) is 18.3. The lowest BCUT2D eigenvalue weighted by molar-refractivity contribution is -0.141. The fourth-order valence-electron chi connectivity index (χ4n) is 2.56. The van der Waals surface area contributed by atoms with Crippen LogP contribution in [-0.2, 0) is 19.2 Å². The lowest BCUT2D eigenvalue weighted by atomic mass is 10.0. The Kier molecular flexibility index (Phi) is 14.5. The molecule has 0 saturated carbocycles. The van der Waals surface area contributed by atoms with Crippen molar-refractivity contribution in [2.24, 2.45) is 28.1 Å². The van der Waals surface area contributed by atoms with E-state index in [1.54, 1.807) is 0 Å². The van der Waals surface area contributed by atoms with Crippen LogP contribution >= 0.6 is 25.3 Å². The van der Waals surface area contributed by atoms with Crippen LogP contribution in [0.25, 0.3) is 0 Å².